The van der Waals surface area contributed by atoms with E-state index in [0.29, 0.717) is 12.5 Å². The molecule has 1 rings (SSSR count). The van der Waals surface area contributed by atoms with Gasteiger partial charge in [0, 0.05) is 13.1 Å². The third-order valence-electron chi connectivity index (χ3n) is 2.40. The summed E-state index contributed by atoms with van der Waals surface area (Å²) in [5, 5.41) is 3.01. The quantitative estimate of drug-likeness (QED) is 0.353. The lowest BCUT2D eigenvalue weighted by molar-refractivity contribution is 0.625. The molecule has 3 nitrogen and oxygen atoms in total. The first-order chi connectivity index (χ1) is 8.22. The molecule has 0 bridgehead atoms. The monoisotopic (exact) mass is 365 g/mol. The van der Waals surface area contributed by atoms with E-state index in [4.69, 9.17) is 5.73 Å². The van der Waals surface area contributed by atoms with Crippen molar-refractivity contribution in [1.29, 1.82) is 0 Å². The lowest BCUT2D eigenvalue weighted by atomic mass is 10.1. The Hall–Kier alpha value is -0.850. The zero-order chi connectivity index (χ0) is 12.5. The second-order valence-electron chi connectivity index (χ2n) is 3.93. The Kier molecular flexibility index (Phi) is 9.63. The number of nitrogens with two attached hydrogens (primary N) is 1. The van der Waals surface area contributed by atoms with Gasteiger partial charge in [0.05, 0.1) is 0 Å². The summed E-state index contributed by atoms with van der Waals surface area (Å²) in [6.45, 7) is 3.54. The molecule has 0 aliphatic heterocycles. The van der Waals surface area contributed by atoms with Gasteiger partial charge < -0.3 is 11.1 Å². The molecule has 18 heavy (non-hydrogen) atoms. The summed E-state index contributed by atoms with van der Waals surface area (Å²) in [5.74, 6) is 0.266. The Labute approximate surface area is 125 Å². The fourth-order valence-electron chi connectivity index (χ4n) is 1.44. The molecule has 0 saturated carbocycles. The van der Waals surface area contributed by atoms with Crippen LogP contribution in [0.1, 0.15) is 25.3 Å². The molecule has 3 N–H and O–H groups in total. The van der Waals surface area contributed by atoms with Crippen molar-refractivity contribution in [3.63, 3.8) is 0 Å². The van der Waals surface area contributed by atoms with E-state index >= 15 is 0 Å². The van der Waals surface area contributed by atoms with Crippen molar-refractivity contribution < 1.29 is 4.39 Å². The van der Waals surface area contributed by atoms with Crippen molar-refractivity contribution in [1.82, 2.24) is 5.32 Å². The van der Waals surface area contributed by atoms with E-state index in [1.54, 1.807) is 6.07 Å². The van der Waals surface area contributed by atoms with Gasteiger partial charge in [0.1, 0.15) is 5.82 Å². The molecule has 0 radical (unpaired) electrons. The highest BCUT2D eigenvalue weighted by Crippen LogP contribution is 2.03. The van der Waals surface area contributed by atoms with Gasteiger partial charge in [-0.2, -0.15) is 0 Å². The van der Waals surface area contributed by atoms with Gasteiger partial charge in [0.2, 0.25) is 0 Å². The Morgan fingerprint density at radius 3 is 2.89 bits per heavy atom. The van der Waals surface area contributed by atoms with Crippen molar-refractivity contribution in [2.45, 2.75) is 26.2 Å². The summed E-state index contributed by atoms with van der Waals surface area (Å²) >= 11 is 0. The van der Waals surface area contributed by atoms with E-state index in [9.17, 15) is 4.39 Å². The van der Waals surface area contributed by atoms with Crippen LogP contribution in [0.3, 0.4) is 0 Å². The Morgan fingerprint density at radius 1 is 1.44 bits per heavy atom. The van der Waals surface area contributed by atoms with Crippen molar-refractivity contribution >= 4 is 29.9 Å². The smallest absolute Gasteiger partial charge is 0.188 e. The number of halogens is 2. The molecule has 5 heteroatoms. The van der Waals surface area contributed by atoms with Crippen molar-refractivity contribution in [3.8, 4) is 0 Å². The average molecular weight is 365 g/mol. The van der Waals surface area contributed by atoms with Crippen LogP contribution >= 0.6 is 24.0 Å². The minimum atomic E-state index is -0.202. The van der Waals surface area contributed by atoms with Crippen LogP contribution in [0.5, 0.6) is 0 Å². The van der Waals surface area contributed by atoms with Gasteiger partial charge in [0.25, 0.3) is 0 Å². The number of guanidine groups is 1. The van der Waals surface area contributed by atoms with Crippen LogP contribution < -0.4 is 11.1 Å². The van der Waals surface area contributed by atoms with Crippen LogP contribution in [0.15, 0.2) is 29.3 Å². The first-order valence-electron chi connectivity index (χ1n) is 6.00. The highest BCUT2D eigenvalue weighted by atomic mass is 127. The number of nitrogens with zero attached hydrogens (tertiary/aromatic N) is 1. The van der Waals surface area contributed by atoms with Gasteiger partial charge in [-0.15, -0.1) is 24.0 Å². The van der Waals surface area contributed by atoms with Gasteiger partial charge in [-0.3, -0.25) is 4.99 Å². The van der Waals surface area contributed by atoms with Crippen molar-refractivity contribution in [2.24, 2.45) is 10.7 Å². The molecule has 0 spiro atoms. The van der Waals surface area contributed by atoms with Crippen LogP contribution in [0.4, 0.5) is 4.39 Å². The SMILES string of the molecule is CCCCN=C(N)NCCc1cccc(F)c1.I. The van der Waals surface area contributed by atoms with Gasteiger partial charge >= 0.3 is 0 Å². The molecule has 0 saturated heterocycles. The number of unbranched alkanes of at least 4 members (excludes halogenated alkanes) is 1. The molecule has 0 aliphatic carbocycles. The van der Waals surface area contributed by atoms with Crippen LogP contribution in [-0.4, -0.2) is 19.0 Å². The van der Waals surface area contributed by atoms with E-state index in [-0.39, 0.29) is 29.8 Å². The van der Waals surface area contributed by atoms with Crippen LogP contribution in [-0.2, 0) is 6.42 Å². The Morgan fingerprint density at radius 2 is 2.22 bits per heavy atom. The molecule has 0 atom stereocenters. The topological polar surface area (TPSA) is 50.4 Å². The molecular weight excluding hydrogens is 344 g/mol. The second-order valence-corrected chi connectivity index (χ2v) is 3.93. The summed E-state index contributed by atoms with van der Waals surface area (Å²) in [5.41, 5.74) is 6.63. The summed E-state index contributed by atoms with van der Waals surface area (Å²) in [6, 6.07) is 6.59. The second kappa shape index (κ2) is 10.1. The van der Waals surface area contributed by atoms with Crippen molar-refractivity contribution in [2.75, 3.05) is 13.1 Å². The fraction of sp³-hybridized carbons (Fsp3) is 0.462. The lowest BCUT2D eigenvalue weighted by Gasteiger charge is -2.05. The molecule has 0 fully saturated rings. The van der Waals surface area contributed by atoms with Gasteiger partial charge in [-0.25, -0.2) is 4.39 Å². The predicted octanol–water partition coefficient (Wildman–Crippen LogP) is 2.69. The average Bonchev–Trinajstić information content (AvgIpc) is 2.29. The molecule has 1 aromatic rings. The highest BCUT2D eigenvalue weighted by molar-refractivity contribution is 14.0. The number of aliphatic imine (C=N–C) groups is 1. The number of hydrogen-bond donors (Lipinski definition) is 2. The van der Waals surface area contributed by atoms with Gasteiger partial charge in [0.15, 0.2) is 5.96 Å². The first kappa shape index (κ1) is 17.2. The number of hydrogen-bond acceptors (Lipinski definition) is 1. The highest BCUT2D eigenvalue weighted by Gasteiger charge is 1.96. The van der Waals surface area contributed by atoms with Crippen LogP contribution in [0.2, 0.25) is 0 Å². The van der Waals surface area contributed by atoms with E-state index in [0.717, 1.165) is 31.4 Å². The van der Waals surface area contributed by atoms with E-state index in [1.165, 1.54) is 12.1 Å². The van der Waals surface area contributed by atoms with Crippen molar-refractivity contribution in [3.05, 3.63) is 35.6 Å². The molecule has 0 unspecified atom stereocenters. The van der Waals surface area contributed by atoms with E-state index < -0.39 is 0 Å². The number of benzene rings is 1. The molecular formula is C13H21FIN3. The Balaban J connectivity index is 0.00000289. The maximum absolute atomic E-state index is 12.9. The normalized spacial score (nSPS) is 10.9. The van der Waals surface area contributed by atoms with E-state index in [2.05, 4.69) is 17.2 Å². The molecule has 0 aliphatic rings. The molecule has 102 valence electrons. The zero-order valence-electron chi connectivity index (χ0n) is 10.7. The molecule has 0 amide bonds. The third-order valence-corrected chi connectivity index (χ3v) is 2.40. The minimum Gasteiger partial charge on any atom is -0.370 e. The van der Waals surface area contributed by atoms with Crippen LogP contribution in [0.25, 0.3) is 0 Å². The third kappa shape index (κ3) is 7.47. The van der Waals surface area contributed by atoms with Gasteiger partial charge in [-0.1, -0.05) is 25.5 Å². The molecule has 1 aromatic carbocycles. The summed E-state index contributed by atoms with van der Waals surface area (Å²) in [4.78, 5) is 4.17. The number of nitrogens with one attached hydrogen (secondary N) is 1. The zero-order valence-corrected chi connectivity index (χ0v) is 13.0. The predicted molar refractivity (Wildman–Crippen MR) is 84.9 cm³/mol. The number of rotatable bonds is 6. The fourth-order valence-corrected chi connectivity index (χ4v) is 1.44. The molecule has 0 aromatic heterocycles. The standard InChI is InChI=1S/C13H20FN3.HI/c1-2-3-8-16-13(15)17-9-7-11-5-4-6-12(14)10-11;/h4-6,10H,2-3,7-9H2,1H3,(H3,15,16,17);1H. The van der Waals surface area contributed by atoms with Crippen LogP contribution in [0, 0.1) is 5.82 Å². The largest absolute Gasteiger partial charge is 0.370 e. The lowest BCUT2D eigenvalue weighted by Crippen LogP contribution is -2.33. The van der Waals surface area contributed by atoms with Gasteiger partial charge in [-0.05, 0) is 30.5 Å². The minimum absolute atomic E-state index is 0. The Bertz CT molecular complexity index is 369. The molecule has 0 heterocycles. The summed E-state index contributed by atoms with van der Waals surface area (Å²) < 4.78 is 12.9. The first-order valence-corrected chi connectivity index (χ1v) is 6.00. The maximum atomic E-state index is 12.9. The summed E-state index contributed by atoms with van der Waals surface area (Å²) in [6.07, 6.45) is 2.90. The maximum Gasteiger partial charge on any atom is 0.188 e. The van der Waals surface area contributed by atoms with E-state index in [1.807, 2.05) is 6.07 Å². The summed E-state index contributed by atoms with van der Waals surface area (Å²) in [7, 11) is 0.